The van der Waals surface area contributed by atoms with Gasteiger partial charge in [0.05, 0.1) is 10.2 Å². The van der Waals surface area contributed by atoms with Crippen LogP contribution in [0.1, 0.15) is 0 Å². The molecule has 7 heteroatoms. The number of fused-ring (bicyclic) bond motifs is 2. The van der Waals surface area contributed by atoms with Crippen molar-refractivity contribution in [2.24, 2.45) is 11.8 Å². The Morgan fingerprint density at radius 2 is 1.96 bits per heavy atom. The molecule has 27 heavy (non-hydrogen) atoms. The summed E-state index contributed by atoms with van der Waals surface area (Å²) in [5.41, 5.74) is 0.803. The van der Waals surface area contributed by atoms with Crippen LogP contribution in [0.3, 0.4) is 0 Å². The average molecular weight is 424 g/mol. The number of pyridine rings is 2. The number of benzene rings is 1. The molecule has 3 aromatic rings. The molecule has 0 radical (unpaired) electrons. The maximum absolute atomic E-state index is 12.5. The summed E-state index contributed by atoms with van der Waals surface area (Å²) in [5, 5.41) is 8.12. The summed E-state index contributed by atoms with van der Waals surface area (Å²) in [7, 11) is 0. The van der Waals surface area contributed by atoms with E-state index in [9.17, 15) is 4.79 Å². The Hall–Kier alpha value is -2.67. The number of rotatable bonds is 3. The smallest absolute Gasteiger partial charge is 0.319 e. The van der Waals surface area contributed by atoms with Gasteiger partial charge in [-0.25, -0.2) is 9.78 Å². The summed E-state index contributed by atoms with van der Waals surface area (Å²) in [6.45, 7) is 1.84. The SMILES string of the molecule is O=C(Nc1cccc2cnccc12)NC1C2CN(c3ncccc3Br)CC21. The molecule has 2 fully saturated rings. The molecule has 0 spiro atoms. The Morgan fingerprint density at radius 1 is 1.11 bits per heavy atom. The minimum Gasteiger partial charge on any atom is -0.355 e. The molecule has 3 heterocycles. The lowest BCUT2D eigenvalue weighted by Gasteiger charge is -2.22. The second kappa shape index (κ2) is 6.49. The third-order valence-corrected chi connectivity index (χ3v) is 6.08. The van der Waals surface area contributed by atoms with Crippen LogP contribution in [0.25, 0.3) is 10.8 Å². The molecule has 1 saturated carbocycles. The van der Waals surface area contributed by atoms with Crippen molar-refractivity contribution in [2.75, 3.05) is 23.3 Å². The predicted octanol–water partition coefficient (Wildman–Crippen LogP) is 3.65. The van der Waals surface area contributed by atoms with Crippen molar-refractivity contribution < 1.29 is 4.79 Å². The fourth-order valence-electron chi connectivity index (χ4n) is 4.06. The third kappa shape index (κ3) is 3.02. The lowest BCUT2D eigenvalue weighted by molar-refractivity contribution is 0.250. The van der Waals surface area contributed by atoms with Gasteiger partial charge in [-0.1, -0.05) is 12.1 Å². The van der Waals surface area contributed by atoms with Crippen LogP contribution >= 0.6 is 15.9 Å². The van der Waals surface area contributed by atoms with E-state index in [-0.39, 0.29) is 12.1 Å². The van der Waals surface area contributed by atoms with Crippen LogP contribution in [-0.4, -0.2) is 35.1 Å². The van der Waals surface area contributed by atoms with Crippen molar-refractivity contribution in [1.82, 2.24) is 15.3 Å². The van der Waals surface area contributed by atoms with Gasteiger partial charge in [0.15, 0.2) is 0 Å². The summed E-state index contributed by atoms with van der Waals surface area (Å²) in [4.78, 5) is 23.3. The molecular weight excluding hydrogens is 406 g/mol. The molecule has 0 bridgehead atoms. The number of piperidine rings is 1. The second-order valence-electron chi connectivity index (χ2n) is 7.07. The number of carbonyl (C=O) groups is 1. The number of nitrogens with zero attached hydrogens (tertiary/aromatic N) is 3. The van der Waals surface area contributed by atoms with Crippen LogP contribution in [0.4, 0.5) is 16.3 Å². The van der Waals surface area contributed by atoms with Crippen LogP contribution in [0.15, 0.2) is 59.5 Å². The molecule has 1 aliphatic carbocycles. The maximum atomic E-state index is 12.5. The van der Waals surface area contributed by atoms with E-state index in [0.29, 0.717) is 11.8 Å². The van der Waals surface area contributed by atoms with Gasteiger partial charge < -0.3 is 15.5 Å². The first-order chi connectivity index (χ1) is 13.2. The van der Waals surface area contributed by atoms with Crippen molar-refractivity contribution in [3.63, 3.8) is 0 Å². The zero-order chi connectivity index (χ0) is 18.4. The quantitative estimate of drug-likeness (QED) is 0.674. The number of halogens is 1. The molecule has 2 N–H and O–H groups in total. The summed E-state index contributed by atoms with van der Waals surface area (Å²) in [5.74, 6) is 1.96. The lowest BCUT2D eigenvalue weighted by atomic mass is 10.1. The van der Waals surface area contributed by atoms with E-state index in [1.807, 2.05) is 42.6 Å². The topological polar surface area (TPSA) is 70.2 Å². The maximum Gasteiger partial charge on any atom is 0.319 e. The first-order valence-electron chi connectivity index (χ1n) is 8.96. The highest BCUT2D eigenvalue weighted by Gasteiger charge is 2.57. The van der Waals surface area contributed by atoms with E-state index in [1.54, 1.807) is 12.4 Å². The molecule has 2 atom stereocenters. The minimum atomic E-state index is -0.149. The number of nitrogens with one attached hydrogen (secondary N) is 2. The highest BCUT2D eigenvalue weighted by Crippen LogP contribution is 2.47. The van der Waals surface area contributed by atoms with Crippen LogP contribution in [0, 0.1) is 11.8 Å². The number of aromatic nitrogens is 2. The van der Waals surface area contributed by atoms with Gasteiger partial charge in [0.2, 0.25) is 0 Å². The second-order valence-corrected chi connectivity index (χ2v) is 7.92. The Morgan fingerprint density at radius 3 is 2.78 bits per heavy atom. The molecule has 1 saturated heterocycles. The zero-order valence-electron chi connectivity index (χ0n) is 14.5. The molecule has 5 rings (SSSR count). The monoisotopic (exact) mass is 423 g/mol. The Kier molecular flexibility index (Phi) is 3.97. The fraction of sp³-hybridized carbons (Fsp3) is 0.250. The zero-order valence-corrected chi connectivity index (χ0v) is 16.1. The molecule has 2 unspecified atom stereocenters. The van der Waals surface area contributed by atoms with E-state index < -0.39 is 0 Å². The van der Waals surface area contributed by atoms with E-state index >= 15 is 0 Å². The fourth-order valence-corrected chi connectivity index (χ4v) is 4.57. The van der Waals surface area contributed by atoms with Crippen LogP contribution < -0.4 is 15.5 Å². The largest absolute Gasteiger partial charge is 0.355 e. The van der Waals surface area contributed by atoms with Crippen LogP contribution in [0.5, 0.6) is 0 Å². The first kappa shape index (κ1) is 16.5. The summed E-state index contributed by atoms with van der Waals surface area (Å²) in [6, 6.07) is 11.8. The third-order valence-electron chi connectivity index (χ3n) is 5.46. The van der Waals surface area contributed by atoms with Crippen LogP contribution in [-0.2, 0) is 0 Å². The Balaban J connectivity index is 1.21. The van der Waals surface area contributed by atoms with Crippen molar-refractivity contribution in [1.29, 1.82) is 0 Å². The van der Waals surface area contributed by atoms with Gasteiger partial charge in [0.1, 0.15) is 5.82 Å². The molecule has 2 aliphatic rings. The van der Waals surface area contributed by atoms with E-state index in [4.69, 9.17) is 0 Å². The predicted molar refractivity (Wildman–Crippen MR) is 109 cm³/mol. The Bertz CT molecular complexity index is 1010. The number of anilines is 2. The molecule has 6 nitrogen and oxygen atoms in total. The molecule has 1 aliphatic heterocycles. The van der Waals surface area contributed by atoms with Crippen molar-refractivity contribution in [3.05, 3.63) is 59.5 Å². The Labute approximate surface area is 165 Å². The van der Waals surface area contributed by atoms with Crippen molar-refractivity contribution in [2.45, 2.75) is 6.04 Å². The highest BCUT2D eigenvalue weighted by atomic mass is 79.9. The van der Waals surface area contributed by atoms with Gasteiger partial charge >= 0.3 is 6.03 Å². The van der Waals surface area contributed by atoms with Gasteiger partial charge in [0, 0.05) is 60.3 Å². The average Bonchev–Trinajstić information content (AvgIpc) is 3.11. The molecule has 2 amide bonds. The van der Waals surface area contributed by atoms with Gasteiger partial charge in [-0.3, -0.25) is 4.98 Å². The molecule has 136 valence electrons. The van der Waals surface area contributed by atoms with Crippen molar-refractivity contribution >= 4 is 44.2 Å². The normalized spacial score (nSPS) is 23.1. The molecule has 2 aromatic heterocycles. The lowest BCUT2D eigenvalue weighted by Crippen LogP contribution is -2.37. The molecular formula is C20H18BrN5O. The number of amides is 2. The number of carbonyl (C=O) groups excluding carboxylic acids is 1. The van der Waals surface area contributed by atoms with Gasteiger partial charge in [0.25, 0.3) is 0 Å². The van der Waals surface area contributed by atoms with E-state index in [0.717, 1.165) is 39.8 Å². The highest BCUT2D eigenvalue weighted by molar-refractivity contribution is 9.10. The first-order valence-corrected chi connectivity index (χ1v) is 9.76. The van der Waals surface area contributed by atoms with E-state index in [2.05, 4.69) is 41.4 Å². The number of urea groups is 1. The minimum absolute atomic E-state index is 0.149. The molecule has 1 aromatic carbocycles. The summed E-state index contributed by atoms with van der Waals surface area (Å²) >= 11 is 3.56. The van der Waals surface area contributed by atoms with Crippen molar-refractivity contribution in [3.8, 4) is 0 Å². The summed E-state index contributed by atoms with van der Waals surface area (Å²) in [6.07, 6.45) is 5.35. The van der Waals surface area contributed by atoms with Gasteiger partial charge in [-0.05, 0) is 40.2 Å². The van der Waals surface area contributed by atoms with Gasteiger partial charge in [-0.15, -0.1) is 0 Å². The van der Waals surface area contributed by atoms with E-state index in [1.165, 1.54) is 0 Å². The summed E-state index contributed by atoms with van der Waals surface area (Å²) < 4.78 is 1.01. The van der Waals surface area contributed by atoms with Crippen LogP contribution in [0.2, 0.25) is 0 Å². The standard InChI is InChI=1S/C20H18BrN5O/c21-16-4-2-7-23-19(16)26-10-14-15(11-26)18(14)25-20(27)24-17-5-1-3-12-9-22-8-6-13(12)17/h1-9,14-15,18H,10-11H2,(H2,24,25,27). The van der Waals surface area contributed by atoms with Gasteiger partial charge in [-0.2, -0.15) is 0 Å². The number of hydrogen-bond donors (Lipinski definition) is 2. The number of hydrogen-bond acceptors (Lipinski definition) is 4.